The van der Waals surface area contributed by atoms with Crippen molar-refractivity contribution in [2.24, 2.45) is 0 Å². The summed E-state index contributed by atoms with van der Waals surface area (Å²) >= 11 is 0. The number of piperidine rings is 1. The minimum Gasteiger partial charge on any atom is -0.298 e. The van der Waals surface area contributed by atoms with Gasteiger partial charge in [-0.25, -0.2) is 0 Å². The standard InChI is InChI=1S/C12H21NO/c1-12(2)11(14)8-5-9-13(12)10-6-3-4-7-10/h10H,3-9H2,1-2H3. The molecule has 2 aliphatic rings. The first-order valence-corrected chi connectivity index (χ1v) is 5.92. The van der Waals surface area contributed by atoms with Crippen molar-refractivity contribution in [3.63, 3.8) is 0 Å². The van der Waals surface area contributed by atoms with Gasteiger partial charge in [-0.05, 0) is 39.7 Å². The van der Waals surface area contributed by atoms with Gasteiger partial charge in [0.1, 0.15) is 0 Å². The van der Waals surface area contributed by atoms with Crippen LogP contribution in [0, 0.1) is 0 Å². The highest BCUT2D eigenvalue weighted by atomic mass is 16.1. The second kappa shape index (κ2) is 3.65. The van der Waals surface area contributed by atoms with E-state index in [2.05, 4.69) is 18.7 Å². The van der Waals surface area contributed by atoms with Gasteiger partial charge in [-0.1, -0.05) is 12.8 Å². The lowest BCUT2D eigenvalue weighted by molar-refractivity contribution is -0.134. The Morgan fingerprint density at radius 1 is 1.21 bits per heavy atom. The average molecular weight is 195 g/mol. The SMILES string of the molecule is CC1(C)C(=O)CCCN1C1CCCC1. The van der Waals surface area contributed by atoms with Crippen LogP contribution in [0.3, 0.4) is 0 Å². The molecule has 80 valence electrons. The number of carbonyl (C=O) groups excluding carboxylic acids is 1. The van der Waals surface area contributed by atoms with Gasteiger partial charge in [0.25, 0.3) is 0 Å². The molecule has 0 atom stereocenters. The minimum absolute atomic E-state index is 0.187. The van der Waals surface area contributed by atoms with Gasteiger partial charge in [-0.2, -0.15) is 0 Å². The number of rotatable bonds is 1. The van der Waals surface area contributed by atoms with Crippen molar-refractivity contribution in [2.45, 2.75) is 64.0 Å². The fourth-order valence-corrected chi connectivity index (χ4v) is 3.01. The van der Waals surface area contributed by atoms with Gasteiger partial charge in [0.05, 0.1) is 5.54 Å². The van der Waals surface area contributed by atoms with Crippen LogP contribution in [0.1, 0.15) is 52.4 Å². The van der Waals surface area contributed by atoms with E-state index in [0.717, 1.165) is 19.4 Å². The molecule has 0 spiro atoms. The molecule has 1 aliphatic heterocycles. The van der Waals surface area contributed by atoms with Gasteiger partial charge in [-0.3, -0.25) is 9.69 Å². The topological polar surface area (TPSA) is 20.3 Å². The van der Waals surface area contributed by atoms with Crippen LogP contribution >= 0.6 is 0 Å². The normalized spacial score (nSPS) is 29.7. The summed E-state index contributed by atoms with van der Waals surface area (Å²) in [6.45, 7) is 5.34. The lowest BCUT2D eigenvalue weighted by Gasteiger charge is -2.44. The minimum atomic E-state index is -0.187. The van der Waals surface area contributed by atoms with E-state index in [0.29, 0.717) is 11.8 Å². The summed E-state index contributed by atoms with van der Waals surface area (Å²) in [6, 6.07) is 0.689. The number of hydrogen-bond acceptors (Lipinski definition) is 2. The number of carbonyl (C=O) groups is 1. The van der Waals surface area contributed by atoms with E-state index in [1.54, 1.807) is 0 Å². The molecule has 0 bridgehead atoms. The Bertz CT molecular complexity index is 228. The van der Waals surface area contributed by atoms with E-state index in [1.165, 1.54) is 25.7 Å². The molecule has 2 heteroatoms. The average Bonchev–Trinajstić information content (AvgIpc) is 2.62. The first kappa shape index (κ1) is 10.2. The van der Waals surface area contributed by atoms with Crippen LogP contribution in [0.2, 0.25) is 0 Å². The molecular formula is C12H21NO. The van der Waals surface area contributed by atoms with Gasteiger partial charge in [0.2, 0.25) is 0 Å². The van der Waals surface area contributed by atoms with Crippen molar-refractivity contribution in [3.8, 4) is 0 Å². The number of Topliss-reactive ketones (excluding diaryl/α,β-unsaturated/α-hetero) is 1. The molecule has 1 saturated heterocycles. The molecule has 0 N–H and O–H groups in total. The van der Waals surface area contributed by atoms with E-state index < -0.39 is 0 Å². The summed E-state index contributed by atoms with van der Waals surface area (Å²) in [4.78, 5) is 14.3. The molecule has 0 aromatic carbocycles. The lowest BCUT2D eigenvalue weighted by Crippen LogP contribution is -2.57. The second-order valence-electron chi connectivity index (χ2n) is 5.22. The van der Waals surface area contributed by atoms with Gasteiger partial charge >= 0.3 is 0 Å². The molecule has 2 rings (SSSR count). The molecule has 0 unspecified atom stereocenters. The van der Waals surface area contributed by atoms with Gasteiger partial charge < -0.3 is 0 Å². The summed E-state index contributed by atoms with van der Waals surface area (Å²) in [6.07, 6.45) is 7.17. The highest BCUT2D eigenvalue weighted by Gasteiger charge is 2.41. The molecule has 1 heterocycles. The molecule has 0 aromatic rings. The smallest absolute Gasteiger partial charge is 0.152 e. The van der Waals surface area contributed by atoms with E-state index in [1.807, 2.05) is 0 Å². The highest BCUT2D eigenvalue weighted by Crippen LogP contribution is 2.33. The van der Waals surface area contributed by atoms with Crippen LogP contribution in [-0.2, 0) is 4.79 Å². The maximum Gasteiger partial charge on any atom is 0.152 e. The Kier molecular flexibility index (Phi) is 2.65. The predicted molar refractivity (Wildman–Crippen MR) is 57.3 cm³/mol. The van der Waals surface area contributed by atoms with Crippen LogP contribution < -0.4 is 0 Å². The summed E-state index contributed by atoms with van der Waals surface area (Å²) in [7, 11) is 0. The summed E-state index contributed by atoms with van der Waals surface area (Å²) in [5.41, 5.74) is -0.187. The van der Waals surface area contributed by atoms with Gasteiger partial charge in [0.15, 0.2) is 5.78 Å². The van der Waals surface area contributed by atoms with E-state index in [4.69, 9.17) is 0 Å². The van der Waals surface area contributed by atoms with Crippen LogP contribution in [0.5, 0.6) is 0 Å². The zero-order chi connectivity index (χ0) is 10.2. The molecule has 1 saturated carbocycles. The van der Waals surface area contributed by atoms with Gasteiger partial charge in [0, 0.05) is 12.5 Å². The monoisotopic (exact) mass is 195 g/mol. The molecule has 1 aliphatic carbocycles. The molecule has 2 fully saturated rings. The number of hydrogen-bond donors (Lipinski definition) is 0. The summed E-state index contributed by atoms with van der Waals surface area (Å²) in [5.74, 6) is 0.440. The zero-order valence-electron chi connectivity index (χ0n) is 9.38. The largest absolute Gasteiger partial charge is 0.298 e. The Labute approximate surface area is 86.7 Å². The molecular weight excluding hydrogens is 174 g/mol. The highest BCUT2D eigenvalue weighted by molar-refractivity contribution is 5.88. The zero-order valence-corrected chi connectivity index (χ0v) is 9.38. The van der Waals surface area contributed by atoms with Crippen molar-refractivity contribution in [3.05, 3.63) is 0 Å². The molecule has 0 aromatic heterocycles. The van der Waals surface area contributed by atoms with Crippen LogP contribution in [-0.4, -0.2) is 28.8 Å². The van der Waals surface area contributed by atoms with Crippen LogP contribution in [0.15, 0.2) is 0 Å². The Morgan fingerprint density at radius 3 is 2.50 bits per heavy atom. The van der Waals surface area contributed by atoms with Crippen molar-refractivity contribution < 1.29 is 4.79 Å². The van der Waals surface area contributed by atoms with Crippen molar-refractivity contribution in [2.75, 3.05) is 6.54 Å². The Balaban J connectivity index is 2.12. The maximum absolute atomic E-state index is 11.8. The van der Waals surface area contributed by atoms with Crippen LogP contribution in [0.25, 0.3) is 0 Å². The van der Waals surface area contributed by atoms with Crippen molar-refractivity contribution >= 4 is 5.78 Å². The Morgan fingerprint density at radius 2 is 1.86 bits per heavy atom. The predicted octanol–water partition coefficient (Wildman–Crippen LogP) is 2.37. The van der Waals surface area contributed by atoms with Gasteiger partial charge in [-0.15, -0.1) is 0 Å². The molecule has 0 radical (unpaired) electrons. The summed E-state index contributed by atoms with van der Waals surface area (Å²) < 4.78 is 0. The Hall–Kier alpha value is -0.370. The van der Waals surface area contributed by atoms with Crippen molar-refractivity contribution in [1.29, 1.82) is 0 Å². The van der Waals surface area contributed by atoms with E-state index in [9.17, 15) is 4.79 Å². The van der Waals surface area contributed by atoms with E-state index in [-0.39, 0.29) is 5.54 Å². The first-order chi connectivity index (χ1) is 6.62. The van der Waals surface area contributed by atoms with Crippen LogP contribution in [0.4, 0.5) is 0 Å². The first-order valence-electron chi connectivity index (χ1n) is 5.92. The third-order valence-corrected chi connectivity index (χ3v) is 3.97. The fraction of sp³-hybridized carbons (Fsp3) is 0.917. The maximum atomic E-state index is 11.8. The number of nitrogens with zero attached hydrogens (tertiary/aromatic N) is 1. The lowest BCUT2D eigenvalue weighted by atomic mass is 9.87. The molecule has 14 heavy (non-hydrogen) atoms. The number of likely N-dealkylation sites (tertiary alicyclic amines) is 1. The second-order valence-corrected chi connectivity index (χ2v) is 5.22. The number of ketones is 1. The fourth-order valence-electron chi connectivity index (χ4n) is 3.01. The third-order valence-electron chi connectivity index (χ3n) is 3.97. The summed E-state index contributed by atoms with van der Waals surface area (Å²) in [5, 5.41) is 0. The third kappa shape index (κ3) is 1.60. The molecule has 0 amide bonds. The molecule has 2 nitrogen and oxygen atoms in total. The van der Waals surface area contributed by atoms with Crippen molar-refractivity contribution in [1.82, 2.24) is 4.90 Å². The quantitative estimate of drug-likeness (QED) is 0.640. The van der Waals surface area contributed by atoms with E-state index >= 15 is 0 Å².